The molecule has 13 heteroatoms. The number of hydrogen-bond donors (Lipinski definition) is 1. The molecule has 3 fully saturated rings. The van der Waals surface area contributed by atoms with E-state index in [9.17, 15) is 22.8 Å². The van der Waals surface area contributed by atoms with Gasteiger partial charge in [0.25, 0.3) is 0 Å². The summed E-state index contributed by atoms with van der Waals surface area (Å²) < 4.78 is 29.8. The summed E-state index contributed by atoms with van der Waals surface area (Å²) in [5.41, 5.74) is 0.753. The molecule has 2 aliphatic heterocycles. The molecule has 0 radical (unpaired) electrons. The number of hydrogen-bond acceptors (Lipinski definition) is 5. The van der Waals surface area contributed by atoms with Gasteiger partial charge in [-0.25, -0.2) is 8.42 Å². The van der Waals surface area contributed by atoms with Crippen molar-refractivity contribution >= 4 is 62.5 Å². The maximum Gasteiger partial charge on any atom is 0.248 e. The molecule has 1 aliphatic carbocycles. The largest absolute Gasteiger partial charge is 0.343 e. The predicted molar refractivity (Wildman–Crippen MR) is 165 cm³/mol. The highest BCUT2D eigenvalue weighted by molar-refractivity contribution is 7.89. The third-order valence-electron chi connectivity index (χ3n) is 8.57. The van der Waals surface area contributed by atoms with Crippen molar-refractivity contribution in [2.45, 2.75) is 81.6 Å². The van der Waals surface area contributed by atoms with Gasteiger partial charge in [0.05, 0.1) is 11.6 Å². The lowest BCUT2D eigenvalue weighted by Gasteiger charge is -2.54. The Morgan fingerprint density at radius 1 is 0.930 bits per heavy atom. The number of benzene rings is 2. The monoisotopic (exact) mass is 668 g/mol. The van der Waals surface area contributed by atoms with Crippen LogP contribution < -0.4 is 5.32 Å². The van der Waals surface area contributed by atoms with Crippen LogP contribution in [0.25, 0.3) is 0 Å². The van der Waals surface area contributed by atoms with Gasteiger partial charge in [-0.05, 0) is 62.6 Å². The molecule has 2 aromatic carbocycles. The molecule has 2 saturated heterocycles. The number of halogens is 3. The van der Waals surface area contributed by atoms with Crippen LogP contribution in [0.3, 0.4) is 0 Å². The van der Waals surface area contributed by atoms with Crippen LogP contribution in [0.15, 0.2) is 47.4 Å². The van der Waals surface area contributed by atoms with Gasteiger partial charge in [-0.3, -0.25) is 14.4 Å². The molecule has 1 saturated carbocycles. The van der Waals surface area contributed by atoms with Crippen molar-refractivity contribution in [1.82, 2.24) is 19.4 Å². The third kappa shape index (κ3) is 6.54. The summed E-state index contributed by atoms with van der Waals surface area (Å²) in [6, 6.07) is 8.61. The second-order valence-electron chi connectivity index (χ2n) is 11.7. The molecular formula is C30H35Cl3N4O5S. The fourth-order valence-electron chi connectivity index (χ4n) is 6.29. The van der Waals surface area contributed by atoms with Crippen molar-refractivity contribution in [3.05, 3.63) is 63.1 Å². The highest BCUT2D eigenvalue weighted by Crippen LogP contribution is 2.35. The molecule has 232 valence electrons. The zero-order chi connectivity index (χ0) is 31.1. The molecule has 3 unspecified atom stereocenters. The van der Waals surface area contributed by atoms with Crippen LogP contribution >= 0.6 is 34.8 Å². The Bertz CT molecular complexity index is 1500. The number of carbonyl (C=O) groups is 3. The third-order valence-corrected chi connectivity index (χ3v) is 11.4. The summed E-state index contributed by atoms with van der Waals surface area (Å²) in [6.45, 7) is 3.36. The summed E-state index contributed by atoms with van der Waals surface area (Å²) in [6.07, 6.45) is 3.43. The lowest BCUT2D eigenvalue weighted by atomic mass is 9.88. The molecule has 3 aliphatic rings. The highest BCUT2D eigenvalue weighted by atomic mass is 35.5. The molecule has 3 amide bonds. The molecular weight excluding hydrogens is 635 g/mol. The van der Waals surface area contributed by atoms with E-state index >= 15 is 0 Å². The summed E-state index contributed by atoms with van der Waals surface area (Å²) in [5, 5.41) is 3.59. The van der Waals surface area contributed by atoms with Crippen molar-refractivity contribution in [1.29, 1.82) is 0 Å². The number of fused-ring (bicyclic) bond motifs is 1. The molecule has 3 atom stereocenters. The van der Waals surface area contributed by atoms with Gasteiger partial charge < -0.3 is 15.1 Å². The topological polar surface area (TPSA) is 107 Å². The minimum atomic E-state index is -4.32. The van der Waals surface area contributed by atoms with Crippen molar-refractivity contribution in [3.63, 3.8) is 0 Å². The zero-order valence-corrected chi connectivity index (χ0v) is 27.1. The van der Waals surface area contributed by atoms with Crippen LogP contribution in [-0.2, 0) is 30.8 Å². The van der Waals surface area contributed by atoms with Crippen LogP contribution in [0.2, 0.25) is 15.1 Å². The predicted octanol–water partition coefficient (Wildman–Crippen LogP) is 4.73. The Morgan fingerprint density at radius 3 is 2.21 bits per heavy atom. The van der Waals surface area contributed by atoms with Gasteiger partial charge in [0, 0.05) is 35.0 Å². The average Bonchev–Trinajstić information content (AvgIpc) is 2.96. The lowest BCUT2D eigenvalue weighted by molar-refractivity contribution is -0.169. The summed E-state index contributed by atoms with van der Waals surface area (Å²) in [7, 11) is -4.32. The Balaban J connectivity index is 1.58. The molecule has 5 rings (SSSR count). The van der Waals surface area contributed by atoms with Crippen molar-refractivity contribution in [2.24, 2.45) is 5.92 Å². The molecule has 9 nitrogen and oxygen atoms in total. The van der Waals surface area contributed by atoms with Crippen LogP contribution in [-0.4, -0.2) is 77.6 Å². The van der Waals surface area contributed by atoms with Crippen molar-refractivity contribution < 1.29 is 22.8 Å². The summed E-state index contributed by atoms with van der Waals surface area (Å²) in [5.74, 6) is -1.31. The van der Waals surface area contributed by atoms with Gasteiger partial charge in [0.1, 0.15) is 23.1 Å². The molecule has 43 heavy (non-hydrogen) atoms. The van der Waals surface area contributed by atoms with Crippen LogP contribution in [0, 0.1) is 5.92 Å². The van der Waals surface area contributed by atoms with Gasteiger partial charge in [0.2, 0.25) is 27.7 Å². The quantitative estimate of drug-likeness (QED) is 0.459. The number of sulfonamides is 1. The van der Waals surface area contributed by atoms with E-state index in [2.05, 4.69) is 5.32 Å². The standard InChI is InChI=1S/C30H35Cl3N4O5S/c1-18(2)35-17-27-36(43(41,42)26-13-12-22(32)15-23(26)33)16-24(34-28(38)20-6-4-3-5-7-20)29(39)37(27)25(30(35)40)14-19-8-10-21(31)11-9-19/h8-13,15,18,20,24-25,27H,3-7,14,16-17H2,1-2H3,(H,34,38). The second-order valence-corrected chi connectivity index (χ2v) is 14.8. The van der Waals surface area contributed by atoms with E-state index < -0.39 is 34.2 Å². The molecule has 0 bridgehead atoms. The second kappa shape index (κ2) is 12.9. The highest BCUT2D eigenvalue weighted by Gasteiger charge is 2.54. The molecule has 2 heterocycles. The summed E-state index contributed by atoms with van der Waals surface area (Å²) in [4.78, 5) is 44.3. The zero-order valence-electron chi connectivity index (χ0n) is 24.0. The first-order valence-electron chi connectivity index (χ1n) is 14.5. The van der Waals surface area contributed by atoms with Crippen molar-refractivity contribution in [2.75, 3.05) is 13.1 Å². The van der Waals surface area contributed by atoms with E-state index in [4.69, 9.17) is 34.8 Å². The first kappa shape index (κ1) is 32.0. The number of nitrogens with one attached hydrogen (secondary N) is 1. The van der Waals surface area contributed by atoms with E-state index in [1.807, 2.05) is 13.8 Å². The normalized spacial score (nSPS) is 23.9. The Labute approximate surface area is 267 Å². The number of amides is 3. The lowest BCUT2D eigenvalue weighted by Crippen LogP contribution is -2.76. The minimum absolute atomic E-state index is 0.0346. The van der Waals surface area contributed by atoms with E-state index in [1.54, 1.807) is 29.2 Å². The van der Waals surface area contributed by atoms with E-state index in [0.717, 1.165) is 24.8 Å². The number of carbonyl (C=O) groups excluding carboxylic acids is 3. The van der Waals surface area contributed by atoms with Gasteiger partial charge in [-0.2, -0.15) is 4.31 Å². The SMILES string of the molecule is CC(C)N1CC2N(C(=O)C(NC(=O)C3CCCCC3)CN2S(=O)(=O)c2ccc(Cl)cc2Cl)C(Cc2ccc(Cl)cc2)C1=O. The first-order chi connectivity index (χ1) is 20.4. The van der Waals surface area contributed by atoms with Gasteiger partial charge in [-0.15, -0.1) is 0 Å². The number of rotatable bonds is 7. The maximum atomic E-state index is 14.3. The Morgan fingerprint density at radius 2 is 1.58 bits per heavy atom. The fraction of sp³-hybridized carbons (Fsp3) is 0.500. The average molecular weight is 670 g/mol. The Kier molecular flexibility index (Phi) is 9.63. The smallest absolute Gasteiger partial charge is 0.248 e. The maximum absolute atomic E-state index is 14.3. The molecule has 1 N–H and O–H groups in total. The van der Waals surface area contributed by atoms with Crippen LogP contribution in [0.1, 0.15) is 51.5 Å². The molecule has 2 aromatic rings. The van der Waals surface area contributed by atoms with E-state index in [0.29, 0.717) is 17.9 Å². The van der Waals surface area contributed by atoms with E-state index in [-0.39, 0.29) is 58.2 Å². The first-order valence-corrected chi connectivity index (χ1v) is 17.1. The minimum Gasteiger partial charge on any atom is -0.343 e. The van der Waals surface area contributed by atoms with E-state index in [1.165, 1.54) is 27.4 Å². The van der Waals surface area contributed by atoms with Gasteiger partial charge in [-0.1, -0.05) is 66.2 Å². The van der Waals surface area contributed by atoms with Crippen molar-refractivity contribution in [3.8, 4) is 0 Å². The van der Waals surface area contributed by atoms with Gasteiger partial charge in [0.15, 0.2) is 0 Å². The number of piperazine rings is 1. The van der Waals surface area contributed by atoms with Crippen LogP contribution in [0.4, 0.5) is 0 Å². The van der Waals surface area contributed by atoms with Gasteiger partial charge >= 0.3 is 0 Å². The number of nitrogens with zero attached hydrogens (tertiary/aromatic N) is 3. The fourth-order valence-corrected chi connectivity index (χ4v) is 8.75. The summed E-state index contributed by atoms with van der Waals surface area (Å²) >= 11 is 18.6. The molecule has 0 spiro atoms. The van der Waals surface area contributed by atoms with Crippen LogP contribution in [0.5, 0.6) is 0 Å². The molecule has 0 aromatic heterocycles. The Hall–Kier alpha value is -2.37.